The van der Waals surface area contributed by atoms with Crippen molar-refractivity contribution in [2.24, 2.45) is 35.5 Å². The second-order valence-corrected chi connectivity index (χ2v) is 19.6. The Morgan fingerprint density at radius 2 is 1.53 bits per heavy atom. The Balaban J connectivity index is 1.03. The first-order valence-corrected chi connectivity index (χ1v) is 21.5. The van der Waals surface area contributed by atoms with Crippen LogP contribution in [0.2, 0.25) is 0 Å². The highest BCUT2D eigenvalue weighted by Crippen LogP contribution is 2.75. The Hall–Kier alpha value is -3.24. The minimum absolute atomic E-state index is 0.00681. The van der Waals surface area contributed by atoms with Gasteiger partial charge in [0.25, 0.3) is 0 Å². The maximum absolute atomic E-state index is 13.8. The largest absolute Gasteiger partial charge is 0.456 e. The zero-order valence-electron chi connectivity index (χ0n) is 33.7. The molecule has 0 unspecified atom stereocenters. The first-order chi connectivity index (χ1) is 28.1. The molecule has 0 aromatic heterocycles. The van der Waals surface area contributed by atoms with Gasteiger partial charge in [0.15, 0.2) is 0 Å². The van der Waals surface area contributed by atoms with Gasteiger partial charge < -0.3 is 53.6 Å². The molecule has 11 aliphatic rings. The van der Waals surface area contributed by atoms with Crippen LogP contribution in [0.3, 0.4) is 0 Å². The Morgan fingerprint density at radius 3 is 2.24 bits per heavy atom. The molecule has 4 saturated carbocycles. The summed E-state index contributed by atoms with van der Waals surface area (Å²) < 4.78 is 46.1. The molecule has 59 heavy (non-hydrogen) atoms. The molecular weight excluding hydrogens is 760 g/mol. The van der Waals surface area contributed by atoms with Crippen molar-refractivity contribution in [1.82, 2.24) is 0 Å². The molecule has 9 fully saturated rings. The number of aliphatic hydroxyl groups is 4. The van der Waals surface area contributed by atoms with Gasteiger partial charge in [0, 0.05) is 29.4 Å². The number of epoxide rings is 2. The number of carbonyl (C=O) groups is 2. The number of ether oxygens (including phenoxy) is 7. The Labute approximate surface area is 342 Å². The predicted molar refractivity (Wildman–Crippen MR) is 205 cm³/mol. The van der Waals surface area contributed by atoms with Crippen LogP contribution < -0.4 is 0 Å². The maximum Gasteiger partial charge on any atom is 0.338 e. The van der Waals surface area contributed by atoms with Gasteiger partial charge in [-0.15, -0.1) is 0 Å². The molecule has 13 rings (SSSR count). The standard InChI is InChI=1S/C46H54O13/c1-23-21-30-43(51)35(23)54-31(47)20-19-29-34(53-29)33(55-39(48)27-11-7-5-8-12-27)26-17-15-25(16-18-26)22-41(3,50)45(52)36-24(2)44(30)32(37-42(4,56-37)40(43)49)38(45)58-46(57-36,59-44)28-13-9-6-10-14-28/h5-14,19-20,23-26,29-30,32-38,40,49-52H,15-18,21-22H2,1-4H3/b20-19-/t23-,24+,25?,26?,29+,30+,32-,33-,34+,35-,36-,37-,38+,40+,41+,42-,43+,44-,45-,46-/m0/s1. The van der Waals surface area contributed by atoms with Crippen LogP contribution in [0, 0.1) is 35.5 Å². The molecule has 7 aliphatic heterocycles. The SMILES string of the molecule is C[C@@H]1[C@@H]2O[C@@]3(c4ccccc4)O[C@@H]4[C@@H]5[C@@H]6O[C@]6(C)[C@@H](O)[C@@]6(O)[C@@H](C[C@H](C)[C@@H]6OC(=O)/C=C\[C@H]6O[C@H]6[C@@H](OC(=O)c6ccccc6)C6CCC(CC6)C[C@@](C)(O)[C@@]42O)[C@]51O3. The van der Waals surface area contributed by atoms with E-state index in [1.54, 1.807) is 44.2 Å². The minimum atomic E-state index is -2.07. The van der Waals surface area contributed by atoms with Crippen LogP contribution in [0.1, 0.15) is 82.1 Å². The van der Waals surface area contributed by atoms with Gasteiger partial charge in [0.05, 0.1) is 22.9 Å². The van der Waals surface area contributed by atoms with Crippen molar-refractivity contribution in [3.63, 3.8) is 0 Å². The lowest BCUT2D eigenvalue weighted by Gasteiger charge is -2.74. The van der Waals surface area contributed by atoms with Crippen LogP contribution in [0.15, 0.2) is 72.8 Å². The summed E-state index contributed by atoms with van der Waals surface area (Å²) in [4.78, 5) is 27.3. The highest BCUT2D eigenvalue weighted by atomic mass is 16.9. The average Bonchev–Trinajstić information content (AvgIpc) is 4.14. The molecule has 13 heteroatoms. The van der Waals surface area contributed by atoms with Crippen molar-refractivity contribution in [2.75, 3.05) is 0 Å². The lowest BCUT2D eigenvalue weighted by atomic mass is 9.49. The van der Waals surface area contributed by atoms with E-state index in [-0.39, 0.29) is 18.3 Å². The van der Waals surface area contributed by atoms with E-state index in [0.29, 0.717) is 43.2 Å². The number of hydrogen-bond acceptors (Lipinski definition) is 13. The van der Waals surface area contributed by atoms with Crippen molar-refractivity contribution < 1.29 is 63.2 Å². The highest BCUT2D eigenvalue weighted by molar-refractivity contribution is 5.89. The van der Waals surface area contributed by atoms with Crippen molar-refractivity contribution >= 4 is 11.9 Å². The molecule has 7 heterocycles. The minimum Gasteiger partial charge on any atom is -0.456 e. The molecule has 2 aromatic rings. The van der Waals surface area contributed by atoms with E-state index in [0.717, 1.165) is 0 Å². The monoisotopic (exact) mass is 814 g/mol. The van der Waals surface area contributed by atoms with Gasteiger partial charge in [-0.1, -0.05) is 62.4 Å². The van der Waals surface area contributed by atoms with Crippen LogP contribution in [0.5, 0.6) is 0 Å². The molecule has 316 valence electrons. The van der Waals surface area contributed by atoms with Gasteiger partial charge in [-0.25, -0.2) is 9.59 Å². The quantitative estimate of drug-likeness (QED) is 0.260. The second-order valence-electron chi connectivity index (χ2n) is 19.6. The maximum atomic E-state index is 13.8. The molecular formula is C46H54O13. The molecule has 13 nitrogen and oxygen atoms in total. The third-order valence-corrected chi connectivity index (χ3v) is 16.5. The molecule has 0 radical (unpaired) electrons. The number of rotatable bonds is 3. The molecule has 10 bridgehead atoms. The molecule has 5 saturated heterocycles. The molecule has 4 N–H and O–H groups in total. The smallest absolute Gasteiger partial charge is 0.338 e. The van der Waals surface area contributed by atoms with Crippen LogP contribution in [-0.4, -0.2) is 109 Å². The fourth-order valence-electron chi connectivity index (χ4n) is 13.5. The zero-order valence-corrected chi connectivity index (χ0v) is 33.7. The highest BCUT2D eigenvalue weighted by Gasteiger charge is 2.90. The van der Waals surface area contributed by atoms with E-state index in [4.69, 9.17) is 33.2 Å². The van der Waals surface area contributed by atoms with Crippen LogP contribution in [0.25, 0.3) is 0 Å². The molecule has 4 aliphatic carbocycles. The third-order valence-electron chi connectivity index (χ3n) is 16.5. The molecule has 18 atom stereocenters. The average molecular weight is 815 g/mol. The number of fused-ring (bicyclic) bond motifs is 6. The van der Waals surface area contributed by atoms with E-state index in [9.17, 15) is 30.0 Å². The van der Waals surface area contributed by atoms with E-state index < -0.39 is 118 Å². The summed E-state index contributed by atoms with van der Waals surface area (Å²) >= 11 is 0. The summed E-state index contributed by atoms with van der Waals surface area (Å²) in [6, 6.07) is 18.0. The van der Waals surface area contributed by atoms with Crippen LogP contribution in [0.4, 0.5) is 0 Å². The van der Waals surface area contributed by atoms with Crippen molar-refractivity contribution in [3.8, 4) is 0 Å². The number of aliphatic hydroxyl groups excluding tert-OH is 1. The van der Waals surface area contributed by atoms with E-state index in [1.807, 2.05) is 50.2 Å². The first kappa shape index (κ1) is 38.7. The summed E-state index contributed by atoms with van der Waals surface area (Å²) in [6.45, 7) is 7.19. The normalized spacial score (nSPS) is 54.5. The fraction of sp³-hybridized carbons (Fsp3) is 0.652. The summed E-state index contributed by atoms with van der Waals surface area (Å²) in [5, 5.41) is 52.2. The molecule has 2 aromatic carbocycles. The lowest BCUT2D eigenvalue weighted by Crippen LogP contribution is -2.89. The van der Waals surface area contributed by atoms with Gasteiger partial charge >= 0.3 is 17.9 Å². The Bertz CT molecular complexity index is 2050. The van der Waals surface area contributed by atoms with Gasteiger partial charge in [-0.3, -0.25) is 0 Å². The Kier molecular flexibility index (Phi) is 8.30. The van der Waals surface area contributed by atoms with Crippen LogP contribution in [-0.2, 0) is 43.9 Å². The van der Waals surface area contributed by atoms with Gasteiger partial charge in [-0.2, -0.15) is 0 Å². The van der Waals surface area contributed by atoms with Crippen molar-refractivity contribution in [1.29, 1.82) is 0 Å². The summed E-state index contributed by atoms with van der Waals surface area (Å²) in [5.74, 6) is -5.82. The number of hydrogen-bond donors (Lipinski definition) is 4. The zero-order chi connectivity index (χ0) is 41.1. The van der Waals surface area contributed by atoms with E-state index in [1.165, 1.54) is 6.08 Å². The van der Waals surface area contributed by atoms with Gasteiger partial charge in [0.2, 0.25) is 0 Å². The van der Waals surface area contributed by atoms with Crippen molar-refractivity contribution in [2.45, 2.75) is 149 Å². The Morgan fingerprint density at radius 1 is 0.847 bits per heavy atom. The second kappa shape index (κ2) is 12.7. The number of esters is 2. The first-order valence-electron chi connectivity index (χ1n) is 21.5. The van der Waals surface area contributed by atoms with E-state index >= 15 is 0 Å². The lowest BCUT2D eigenvalue weighted by molar-refractivity contribution is -0.595. The van der Waals surface area contributed by atoms with E-state index in [2.05, 4.69) is 0 Å². The molecule has 0 amide bonds. The van der Waals surface area contributed by atoms with Gasteiger partial charge in [0.1, 0.15) is 59.5 Å². The van der Waals surface area contributed by atoms with Gasteiger partial charge in [-0.05, 0) is 88.3 Å². The molecule has 1 spiro atoms. The third kappa shape index (κ3) is 5.11. The number of carbonyl (C=O) groups excluding carboxylic acids is 2. The van der Waals surface area contributed by atoms with Crippen molar-refractivity contribution in [3.05, 3.63) is 83.9 Å². The summed E-state index contributed by atoms with van der Waals surface area (Å²) in [5.41, 5.74) is -7.54. The summed E-state index contributed by atoms with van der Waals surface area (Å²) in [6.07, 6.45) is -1.08. The predicted octanol–water partition coefficient (Wildman–Crippen LogP) is 3.69. The topological polar surface area (TPSA) is 186 Å². The fourth-order valence-corrected chi connectivity index (χ4v) is 13.5. The number of benzene rings is 2. The summed E-state index contributed by atoms with van der Waals surface area (Å²) in [7, 11) is 0. The van der Waals surface area contributed by atoms with Crippen LogP contribution >= 0.6 is 0 Å².